The molecule has 2 N–H and O–H groups in total. The second kappa shape index (κ2) is 5.16. The first-order valence-corrected chi connectivity index (χ1v) is 6.62. The van der Waals surface area contributed by atoms with E-state index in [-0.39, 0.29) is 18.1 Å². The van der Waals surface area contributed by atoms with E-state index in [1.54, 1.807) is 0 Å². The Bertz CT molecular complexity index is 337. The lowest BCUT2D eigenvalue weighted by molar-refractivity contribution is 0.0677. The van der Waals surface area contributed by atoms with Crippen molar-refractivity contribution < 1.29 is 9.26 Å². The summed E-state index contributed by atoms with van der Waals surface area (Å²) in [7, 11) is 0. The molecular formula is C10H17N3O2S. The first kappa shape index (κ1) is 11.9. The Kier molecular flexibility index (Phi) is 3.83. The summed E-state index contributed by atoms with van der Waals surface area (Å²) in [4.78, 5) is 4.31. The smallest absolute Gasteiger partial charge is 0.243 e. The molecule has 0 radical (unpaired) electrons. The monoisotopic (exact) mass is 243 g/mol. The molecule has 1 saturated heterocycles. The van der Waals surface area contributed by atoms with Crippen LogP contribution in [0.5, 0.6) is 0 Å². The molecule has 1 aliphatic heterocycles. The third kappa shape index (κ3) is 2.56. The van der Waals surface area contributed by atoms with Crippen molar-refractivity contribution >= 4 is 11.8 Å². The SMILES string of the molecule is CC(C)C(N)c1nc(C2CSCCO2)no1. The molecule has 0 saturated carbocycles. The van der Waals surface area contributed by atoms with Gasteiger partial charge in [-0.3, -0.25) is 0 Å². The zero-order valence-electron chi connectivity index (χ0n) is 9.55. The van der Waals surface area contributed by atoms with Gasteiger partial charge in [-0.15, -0.1) is 0 Å². The van der Waals surface area contributed by atoms with Gasteiger partial charge in [-0.25, -0.2) is 0 Å². The minimum Gasteiger partial charge on any atom is -0.368 e. The maximum absolute atomic E-state index is 5.94. The van der Waals surface area contributed by atoms with E-state index in [9.17, 15) is 0 Å². The highest BCUT2D eigenvalue weighted by Gasteiger charge is 2.24. The van der Waals surface area contributed by atoms with Crippen molar-refractivity contribution in [1.29, 1.82) is 0 Å². The number of rotatable bonds is 3. The molecule has 16 heavy (non-hydrogen) atoms. The van der Waals surface area contributed by atoms with Crippen LogP contribution in [-0.2, 0) is 4.74 Å². The molecule has 0 aromatic carbocycles. The molecule has 0 spiro atoms. The number of hydrogen-bond acceptors (Lipinski definition) is 6. The van der Waals surface area contributed by atoms with Crippen LogP contribution in [0.1, 0.15) is 37.7 Å². The van der Waals surface area contributed by atoms with Gasteiger partial charge in [0.1, 0.15) is 6.10 Å². The van der Waals surface area contributed by atoms with E-state index in [4.69, 9.17) is 15.0 Å². The summed E-state index contributed by atoms with van der Waals surface area (Å²) in [5.41, 5.74) is 5.94. The molecule has 0 amide bonds. The molecule has 6 heteroatoms. The second-order valence-corrected chi connectivity index (χ2v) is 5.34. The minimum absolute atomic E-state index is 0.0457. The maximum atomic E-state index is 5.94. The quantitative estimate of drug-likeness (QED) is 0.867. The van der Waals surface area contributed by atoms with E-state index in [1.165, 1.54) is 0 Å². The van der Waals surface area contributed by atoms with E-state index in [0.29, 0.717) is 11.7 Å². The highest BCUT2D eigenvalue weighted by atomic mass is 32.2. The highest BCUT2D eigenvalue weighted by molar-refractivity contribution is 7.99. The number of thioether (sulfide) groups is 1. The maximum Gasteiger partial charge on any atom is 0.243 e. The van der Waals surface area contributed by atoms with Gasteiger partial charge < -0.3 is 15.0 Å². The average molecular weight is 243 g/mol. The fourth-order valence-electron chi connectivity index (χ4n) is 1.44. The predicted octanol–water partition coefficient (Wildman–Crippen LogP) is 1.53. The number of nitrogens with two attached hydrogens (primary N) is 1. The van der Waals surface area contributed by atoms with Crippen LogP contribution >= 0.6 is 11.8 Å². The second-order valence-electron chi connectivity index (χ2n) is 4.19. The number of aromatic nitrogens is 2. The van der Waals surface area contributed by atoms with Gasteiger partial charge in [0.2, 0.25) is 11.7 Å². The molecule has 0 bridgehead atoms. The van der Waals surface area contributed by atoms with Gasteiger partial charge in [0.15, 0.2) is 0 Å². The van der Waals surface area contributed by atoms with Crippen LogP contribution in [0.15, 0.2) is 4.52 Å². The van der Waals surface area contributed by atoms with E-state index in [0.717, 1.165) is 18.1 Å². The highest BCUT2D eigenvalue weighted by Crippen LogP contribution is 2.26. The fourth-order valence-corrected chi connectivity index (χ4v) is 2.28. The predicted molar refractivity (Wildman–Crippen MR) is 62.1 cm³/mol. The molecule has 0 aliphatic carbocycles. The Balaban J connectivity index is 2.06. The molecular weight excluding hydrogens is 226 g/mol. The molecule has 5 nitrogen and oxygen atoms in total. The van der Waals surface area contributed by atoms with Crippen molar-refractivity contribution in [2.24, 2.45) is 11.7 Å². The third-order valence-corrected chi connectivity index (χ3v) is 3.56. The minimum atomic E-state index is -0.197. The van der Waals surface area contributed by atoms with Gasteiger partial charge in [0, 0.05) is 11.5 Å². The average Bonchev–Trinajstić information content (AvgIpc) is 2.78. The summed E-state index contributed by atoms with van der Waals surface area (Å²) in [5.74, 6) is 3.33. The van der Waals surface area contributed by atoms with Crippen molar-refractivity contribution in [3.8, 4) is 0 Å². The van der Waals surface area contributed by atoms with Crippen LogP contribution in [-0.4, -0.2) is 28.3 Å². The molecule has 90 valence electrons. The molecule has 2 unspecified atom stereocenters. The summed E-state index contributed by atoms with van der Waals surface area (Å²) in [6.07, 6.45) is -0.0457. The van der Waals surface area contributed by atoms with Crippen molar-refractivity contribution in [2.75, 3.05) is 18.1 Å². The zero-order valence-corrected chi connectivity index (χ0v) is 10.4. The lowest BCUT2D eigenvalue weighted by Gasteiger charge is -2.18. The zero-order chi connectivity index (χ0) is 11.5. The van der Waals surface area contributed by atoms with Crippen LogP contribution in [0.25, 0.3) is 0 Å². The number of hydrogen-bond donors (Lipinski definition) is 1. The summed E-state index contributed by atoms with van der Waals surface area (Å²) in [6.45, 7) is 4.80. The van der Waals surface area contributed by atoms with E-state index in [1.807, 2.05) is 25.6 Å². The molecule has 1 fully saturated rings. The van der Waals surface area contributed by atoms with E-state index < -0.39 is 0 Å². The Morgan fingerprint density at radius 1 is 1.50 bits per heavy atom. The lowest BCUT2D eigenvalue weighted by atomic mass is 10.1. The van der Waals surface area contributed by atoms with Crippen LogP contribution in [0.3, 0.4) is 0 Å². The molecule has 1 aromatic heterocycles. The first-order chi connectivity index (χ1) is 7.68. The Morgan fingerprint density at radius 3 is 2.94 bits per heavy atom. The summed E-state index contributed by atoms with van der Waals surface area (Å²) in [5, 5.41) is 3.94. The van der Waals surface area contributed by atoms with Gasteiger partial charge >= 0.3 is 0 Å². The Labute approximate surface area is 99.1 Å². The third-order valence-electron chi connectivity index (χ3n) is 2.56. The number of nitrogens with zero attached hydrogens (tertiary/aromatic N) is 2. The van der Waals surface area contributed by atoms with E-state index in [2.05, 4.69) is 10.1 Å². The largest absolute Gasteiger partial charge is 0.368 e. The fraction of sp³-hybridized carbons (Fsp3) is 0.800. The summed E-state index contributed by atoms with van der Waals surface area (Å²) < 4.78 is 10.7. The van der Waals surface area contributed by atoms with Gasteiger partial charge in [0.05, 0.1) is 12.6 Å². The molecule has 2 heterocycles. The van der Waals surface area contributed by atoms with E-state index >= 15 is 0 Å². The van der Waals surface area contributed by atoms with Gasteiger partial charge in [-0.05, 0) is 5.92 Å². The van der Waals surface area contributed by atoms with Crippen LogP contribution in [0.2, 0.25) is 0 Å². The van der Waals surface area contributed by atoms with Gasteiger partial charge in [-0.2, -0.15) is 16.7 Å². The first-order valence-electron chi connectivity index (χ1n) is 5.47. The summed E-state index contributed by atoms with van der Waals surface area (Å²) in [6, 6.07) is -0.197. The normalized spacial score (nSPS) is 23.6. The van der Waals surface area contributed by atoms with Crippen LogP contribution < -0.4 is 5.73 Å². The Morgan fingerprint density at radius 2 is 2.31 bits per heavy atom. The number of ether oxygens (including phenoxy) is 1. The molecule has 1 aliphatic rings. The lowest BCUT2D eigenvalue weighted by Crippen LogP contribution is -2.19. The molecule has 2 rings (SSSR count). The van der Waals surface area contributed by atoms with Gasteiger partial charge in [-0.1, -0.05) is 19.0 Å². The van der Waals surface area contributed by atoms with Crippen molar-refractivity contribution in [3.05, 3.63) is 11.7 Å². The van der Waals surface area contributed by atoms with Crippen LogP contribution in [0, 0.1) is 5.92 Å². The Hall–Kier alpha value is -0.590. The molecule has 2 atom stereocenters. The van der Waals surface area contributed by atoms with Gasteiger partial charge in [0.25, 0.3) is 0 Å². The molecule has 1 aromatic rings. The summed E-state index contributed by atoms with van der Waals surface area (Å²) >= 11 is 1.84. The van der Waals surface area contributed by atoms with Crippen LogP contribution in [0.4, 0.5) is 0 Å². The van der Waals surface area contributed by atoms with Crippen molar-refractivity contribution in [1.82, 2.24) is 10.1 Å². The standard InChI is InChI=1S/C10H17N3O2S/c1-6(2)8(11)10-12-9(13-15-10)7-5-16-4-3-14-7/h6-8H,3-5,11H2,1-2H3. The van der Waals surface area contributed by atoms with Crippen molar-refractivity contribution in [3.63, 3.8) is 0 Å². The van der Waals surface area contributed by atoms with Crippen molar-refractivity contribution in [2.45, 2.75) is 26.0 Å². The topological polar surface area (TPSA) is 74.2 Å².